The van der Waals surface area contributed by atoms with E-state index in [1.807, 2.05) is 23.1 Å². The summed E-state index contributed by atoms with van der Waals surface area (Å²) in [7, 11) is 2.08. The lowest BCUT2D eigenvalue weighted by Gasteiger charge is -2.32. The van der Waals surface area contributed by atoms with Crippen LogP contribution in [0.25, 0.3) is 0 Å². The van der Waals surface area contributed by atoms with E-state index in [1.54, 1.807) is 6.20 Å². The third-order valence-electron chi connectivity index (χ3n) is 5.53. The van der Waals surface area contributed by atoms with Crippen molar-refractivity contribution in [3.05, 3.63) is 48.3 Å². The minimum atomic E-state index is 0.456. The molecule has 0 saturated carbocycles. The van der Waals surface area contributed by atoms with E-state index in [2.05, 4.69) is 54.5 Å². The summed E-state index contributed by atoms with van der Waals surface area (Å²) in [5.74, 6) is 3.61. The summed E-state index contributed by atoms with van der Waals surface area (Å²) in [5, 5.41) is 13.2. The molecule has 3 aromatic heterocycles. The second-order valence-electron chi connectivity index (χ2n) is 7.40. The number of nitrogens with zero attached hydrogens (tertiary/aromatic N) is 8. The topological polar surface area (TPSA) is 69.6 Å². The Balaban J connectivity index is 1.34. The number of hydrogen-bond acceptors (Lipinski definition) is 5. The van der Waals surface area contributed by atoms with E-state index in [0.29, 0.717) is 12.5 Å². The van der Waals surface area contributed by atoms with Crippen molar-refractivity contribution in [3.8, 4) is 0 Å². The maximum absolute atomic E-state index is 4.52. The molecule has 0 radical (unpaired) electrons. The Morgan fingerprint density at radius 2 is 2.07 bits per heavy atom. The minimum absolute atomic E-state index is 0.456. The van der Waals surface area contributed by atoms with Gasteiger partial charge in [-0.25, -0.2) is 4.98 Å². The molecule has 4 heterocycles. The first-order valence-corrected chi connectivity index (χ1v) is 9.76. The molecule has 0 amide bonds. The van der Waals surface area contributed by atoms with Crippen LogP contribution in [0.1, 0.15) is 42.7 Å². The highest BCUT2D eigenvalue weighted by Gasteiger charge is 2.25. The van der Waals surface area contributed by atoms with E-state index < -0.39 is 0 Å². The Kier molecular flexibility index (Phi) is 5.33. The van der Waals surface area contributed by atoms with Gasteiger partial charge in [0.1, 0.15) is 18.2 Å². The molecule has 1 fully saturated rings. The Bertz CT molecular complexity index is 847. The lowest BCUT2D eigenvalue weighted by atomic mass is 9.97. The molecule has 1 atom stereocenters. The van der Waals surface area contributed by atoms with Gasteiger partial charge in [0.2, 0.25) is 0 Å². The predicted octanol–water partition coefficient (Wildman–Crippen LogP) is 1.83. The Morgan fingerprint density at radius 3 is 2.85 bits per heavy atom. The molecule has 0 aliphatic carbocycles. The van der Waals surface area contributed by atoms with Gasteiger partial charge >= 0.3 is 0 Å². The zero-order valence-corrected chi connectivity index (χ0v) is 16.2. The van der Waals surface area contributed by atoms with E-state index in [9.17, 15) is 0 Å². The maximum Gasteiger partial charge on any atom is 0.154 e. The quantitative estimate of drug-likeness (QED) is 0.636. The van der Waals surface area contributed by atoms with Crippen molar-refractivity contribution in [2.75, 3.05) is 19.6 Å². The summed E-state index contributed by atoms with van der Waals surface area (Å²) >= 11 is 0. The van der Waals surface area contributed by atoms with Crippen LogP contribution in [0.4, 0.5) is 0 Å². The van der Waals surface area contributed by atoms with Gasteiger partial charge < -0.3 is 14.0 Å². The molecule has 1 aliphatic rings. The highest BCUT2D eigenvalue weighted by molar-refractivity contribution is 5.04. The van der Waals surface area contributed by atoms with E-state index in [1.165, 1.54) is 19.4 Å². The van der Waals surface area contributed by atoms with E-state index in [0.717, 1.165) is 43.5 Å². The van der Waals surface area contributed by atoms with Crippen LogP contribution in [0.2, 0.25) is 0 Å². The molecule has 0 aromatic carbocycles. The standard InChI is InChI=1S/C19H28N8/c1-16-20-8-13-26(16)11-5-10-25-9-3-6-17(14-25)19-23-22-18(24(19)2)15-27-12-4-7-21-27/h4,7-8,12-13,17H,3,5-6,9-11,14-15H2,1-2H3/t17-/m1/s1. The van der Waals surface area contributed by atoms with Crippen LogP contribution in [0.5, 0.6) is 0 Å². The second-order valence-corrected chi connectivity index (χ2v) is 7.40. The van der Waals surface area contributed by atoms with Crippen LogP contribution in [0.3, 0.4) is 0 Å². The lowest BCUT2D eigenvalue weighted by Crippen LogP contribution is -2.36. The van der Waals surface area contributed by atoms with Crippen molar-refractivity contribution >= 4 is 0 Å². The van der Waals surface area contributed by atoms with Gasteiger partial charge in [-0.2, -0.15) is 5.10 Å². The number of rotatable bonds is 7. The zero-order valence-electron chi connectivity index (χ0n) is 16.2. The van der Waals surface area contributed by atoms with Gasteiger partial charge in [-0.3, -0.25) is 4.68 Å². The number of imidazole rings is 1. The van der Waals surface area contributed by atoms with Crippen LogP contribution in [-0.2, 0) is 20.1 Å². The van der Waals surface area contributed by atoms with Crippen LogP contribution >= 0.6 is 0 Å². The Hall–Kier alpha value is -2.48. The maximum atomic E-state index is 4.52. The molecule has 3 aromatic rings. The van der Waals surface area contributed by atoms with Gasteiger partial charge in [-0.1, -0.05) is 0 Å². The first kappa shape index (κ1) is 17.9. The first-order valence-electron chi connectivity index (χ1n) is 9.76. The van der Waals surface area contributed by atoms with Crippen LogP contribution in [0, 0.1) is 6.92 Å². The molecule has 0 unspecified atom stereocenters. The Morgan fingerprint density at radius 1 is 1.15 bits per heavy atom. The number of likely N-dealkylation sites (tertiary alicyclic amines) is 1. The highest BCUT2D eigenvalue weighted by atomic mass is 15.3. The lowest BCUT2D eigenvalue weighted by molar-refractivity contribution is 0.197. The fourth-order valence-electron chi connectivity index (χ4n) is 3.98. The normalized spacial score (nSPS) is 18.2. The zero-order chi connectivity index (χ0) is 18.6. The van der Waals surface area contributed by atoms with Crippen molar-refractivity contribution < 1.29 is 0 Å². The monoisotopic (exact) mass is 368 g/mol. The second kappa shape index (κ2) is 8.04. The fourth-order valence-corrected chi connectivity index (χ4v) is 3.98. The molecule has 8 nitrogen and oxygen atoms in total. The summed E-state index contributed by atoms with van der Waals surface area (Å²) in [6.07, 6.45) is 11.2. The molecule has 0 bridgehead atoms. The predicted molar refractivity (Wildman–Crippen MR) is 102 cm³/mol. The summed E-state index contributed by atoms with van der Waals surface area (Å²) in [6, 6.07) is 1.93. The average Bonchev–Trinajstić information content (AvgIpc) is 3.40. The molecule has 8 heteroatoms. The van der Waals surface area contributed by atoms with Crippen LogP contribution in [0.15, 0.2) is 30.9 Å². The SMILES string of the molecule is Cc1nccn1CCCN1CCC[C@@H](c2nnc(Cn3cccn3)n2C)C1. The van der Waals surface area contributed by atoms with E-state index in [4.69, 9.17) is 0 Å². The van der Waals surface area contributed by atoms with Crippen LogP contribution in [-0.4, -0.2) is 58.6 Å². The van der Waals surface area contributed by atoms with E-state index in [-0.39, 0.29) is 0 Å². The molecule has 27 heavy (non-hydrogen) atoms. The number of piperidine rings is 1. The highest BCUT2D eigenvalue weighted by Crippen LogP contribution is 2.26. The molecule has 0 N–H and O–H groups in total. The number of aryl methyl sites for hydroxylation is 2. The number of aromatic nitrogens is 7. The third kappa shape index (κ3) is 4.10. The third-order valence-corrected chi connectivity index (χ3v) is 5.53. The Labute approximate surface area is 159 Å². The van der Waals surface area contributed by atoms with Crippen molar-refractivity contribution in [3.63, 3.8) is 0 Å². The van der Waals surface area contributed by atoms with Crippen molar-refractivity contribution in [1.82, 2.24) is 39.0 Å². The van der Waals surface area contributed by atoms with Gasteiger partial charge in [0.25, 0.3) is 0 Å². The molecule has 144 valence electrons. The van der Waals surface area contributed by atoms with Gasteiger partial charge in [0.05, 0.1) is 0 Å². The molecule has 0 spiro atoms. The fraction of sp³-hybridized carbons (Fsp3) is 0.579. The summed E-state index contributed by atoms with van der Waals surface area (Å²) in [5.41, 5.74) is 0. The largest absolute Gasteiger partial charge is 0.335 e. The van der Waals surface area contributed by atoms with Crippen molar-refractivity contribution in [2.24, 2.45) is 7.05 Å². The summed E-state index contributed by atoms with van der Waals surface area (Å²) < 4.78 is 6.27. The first-order chi connectivity index (χ1) is 13.2. The molecular formula is C19H28N8. The van der Waals surface area contributed by atoms with Crippen molar-refractivity contribution in [1.29, 1.82) is 0 Å². The molecule has 1 saturated heterocycles. The smallest absolute Gasteiger partial charge is 0.154 e. The van der Waals surface area contributed by atoms with Gasteiger partial charge in [0.15, 0.2) is 5.82 Å². The molecule has 1 aliphatic heterocycles. The summed E-state index contributed by atoms with van der Waals surface area (Å²) in [6.45, 7) is 7.12. The molecular weight excluding hydrogens is 340 g/mol. The van der Waals surface area contributed by atoms with Crippen molar-refractivity contribution in [2.45, 2.75) is 45.2 Å². The van der Waals surface area contributed by atoms with Gasteiger partial charge in [0, 0.05) is 50.8 Å². The van der Waals surface area contributed by atoms with Gasteiger partial charge in [-0.15, -0.1) is 10.2 Å². The number of hydrogen-bond donors (Lipinski definition) is 0. The molecule has 4 rings (SSSR count). The summed E-state index contributed by atoms with van der Waals surface area (Å²) in [4.78, 5) is 6.87. The van der Waals surface area contributed by atoms with Gasteiger partial charge in [-0.05, 0) is 45.3 Å². The van der Waals surface area contributed by atoms with Crippen LogP contribution < -0.4 is 0 Å². The average molecular weight is 368 g/mol. The van der Waals surface area contributed by atoms with E-state index >= 15 is 0 Å². The minimum Gasteiger partial charge on any atom is -0.335 e.